The summed E-state index contributed by atoms with van der Waals surface area (Å²) in [6.45, 7) is 2.16. The molecule has 1 radical (unpaired) electrons. The summed E-state index contributed by atoms with van der Waals surface area (Å²) in [6.07, 6.45) is -5.13. The number of hydroxylamine groups is 2. The van der Waals surface area contributed by atoms with E-state index in [9.17, 15) is 40.3 Å². The lowest BCUT2D eigenvalue weighted by atomic mass is 10.1. The van der Waals surface area contributed by atoms with Crippen molar-refractivity contribution in [2.75, 3.05) is 14.2 Å². The van der Waals surface area contributed by atoms with Crippen molar-refractivity contribution in [2.45, 2.75) is 50.4 Å². The second kappa shape index (κ2) is 6.99. The molecule has 0 aliphatic rings. The molecule has 0 aliphatic heterocycles. The second-order valence-electron chi connectivity index (χ2n) is 5.15. The Kier molecular flexibility index (Phi) is 6.83. The predicted octanol–water partition coefficient (Wildman–Crippen LogP) is 3.38. The van der Waals surface area contributed by atoms with Gasteiger partial charge in [0.25, 0.3) is 0 Å². The molecular weight excluding hydrogens is 378 g/mol. The number of nitrogens with zero attached hydrogens (tertiary/aromatic N) is 1. The van der Waals surface area contributed by atoms with Crippen LogP contribution in [0.2, 0.25) is 6.55 Å². The Morgan fingerprint density at radius 3 is 1.62 bits per heavy atom. The maximum atomic E-state index is 13.6. The standard InChI is InChI=1S/C10H16F8NO4Si/c1-7(2,23-24(5,21-3)22-4)19(20)10(17,18)9(15,16)8(13,14)6(11)12/h6H,1-5H3. The van der Waals surface area contributed by atoms with Gasteiger partial charge in [0, 0.05) is 20.8 Å². The van der Waals surface area contributed by atoms with Crippen LogP contribution in [0, 0.1) is 0 Å². The van der Waals surface area contributed by atoms with Gasteiger partial charge in [0.1, 0.15) is 5.72 Å². The molecule has 0 saturated heterocycles. The van der Waals surface area contributed by atoms with Crippen LogP contribution in [0.5, 0.6) is 0 Å². The van der Waals surface area contributed by atoms with Crippen LogP contribution in [0.1, 0.15) is 13.8 Å². The van der Waals surface area contributed by atoms with Crippen LogP contribution in [-0.4, -0.2) is 58.1 Å². The average molecular weight is 394 g/mol. The van der Waals surface area contributed by atoms with Gasteiger partial charge in [-0.2, -0.15) is 26.3 Å². The van der Waals surface area contributed by atoms with Crippen LogP contribution in [-0.2, 0) is 18.5 Å². The fourth-order valence-electron chi connectivity index (χ4n) is 1.47. The highest BCUT2D eigenvalue weighted by molar-refractivity contribution is 6.59. The van der Waals surface area contributed by atoms with Crippen molar-refractivity contribution >= 4 is 8.80 Å². The van der Waals surface area contributed by atoms with Gasteiger partial charge in [-0.15, -0.1) is 5.21 Å². The van der Waals surface area contributed by atoms with Gasteiger partial charge in [0.05, 0.1) is 0 Å². The highest BCUT2D eigenvalue weighted by atomic mass is 28.4. The van der Waals surface area contributed by atoms with Gasteiger partial charge in [-0.25, -0.2) is 8.78 Å². The van der Waals surface area contributed by atoms with Gasteiger partial charge < -0.3 is 13.3 Å². The van der Waals surface area contributed by atoms with E-state index in [0.29, 0.717) is 13.8 Å². The van der Waals surface area contributed by atoms with Gasteiger partial charge in [0.15, 0.2) is 0 Å². The SMILES string of the molecule is CO[Si](C)(OC)OC(C)(C)N([O])C(F)(F)C(F)(F)C(F)(F)C(F)F. The second-order valence-corrected chi connectivity index (χ2v) is 7.90. The Morgan fingerprint density at radius 2 is 1.33 bits per heavy atom. The van der Waals surface area contributed by atoms with Crippen molar-refractivity contribution in [2.24, 2.45) is 0 Å². The first-order chi connectivity index (χ1) is 10.4. The van der Waals surface area contributed by atoms with E-state index >= 15 is 0 Å². The molecule has 0 aromatic heterocycles. The zero-order valence-corrected chi connectivity index (χ0v) is 14.2. The zero-order valence-electron chi connectivity index (χ0n) is 13.2. The Hall–Kier alpha value is -0.543. The molecule has 0 N–H and O–H groups in total. The number of halogens is 8. The molecular formula is C10H16F8NO4Si. The number of rotatable bonds is 9. The van der Waals surface area contributed by atoms with Crippen LogP contribution in [0.4, 0.5) is 35.1 Å². The molecule has 0 aliphatic carbocycles. The van der Waals surface area contributed by atoms with Crippen molar-refractivity contribution in [3.8, 4) is 0 Å². The minimum atomic E-state index is -6.69. The third kappa shape index (κ3) is 3.99. The van der Waals surface area contributed by atoms with E-state index in [-0.39, 0.29) is 0 Å². The lowest BCUT2D eigenvalue weighted by molar-refractivity contribution is -0.471. The monoisotopic (exact) mass is 394 g/mol. The van der Waals surface area contributed by atoms with Crippen molar-refractivity contribution in [3.05, 3.63) is 0 Å². The number of hydrogen-bond donors (Lipinski definition) is 0. The van der Waals surface area contributed by atoms with E-state index in [1.54, 1.807) is 0 Å². The van der Waals surface area contributed by atoms with Gasteiger partial charge in [0.2, 0.25) is 0 Å². The minimum Gasteiger partial charge on any atom is -0.377 e. The normalized spacial score (nSPS) is 15.5. The van der Waals surface area contributed by atoms with Crippen molar-refractivity contribution in [1.29, 1.82) is 0 Å². The van der Waals surface area contributed by atoms with Crippen LogP contribution in [0.15, 0.2) is 0 Å². The molecule has 0 saturated carbocycles. The fraction of sp³-hybridized carbons (Fsp3) is 1.00. The molecule has 0 fully saturated rings. The molecule has 0 heterocycles. The molecule has 0 amide bonds. The largest absolute Gasteiger partial charge is 0.498 e. The van der Waals surface area contributed by atoms with Crippen molar-refractivity contribution < 1.29 is 53.6 Å². The summed E-state index contributed by atoms with van der Waals surface area (Å²) in [5, 5.41) is 9.79. The first-order valence-corrected chi connectivity index (χ1v) is 8.35. The summed E-state index contributed by atoms with van der Waals surface area (Å²) in [7, 11) is -1.76. The van der Waals surface area contributed by atoms with Crippen LogP contribution in [0.25, 0.3) is 0 Å². The van der Waals surface area contributed by atoms with Crippen LogP contribution in [0.3, 0.4) is 0 Å². The molecule has 0 bridgehead atoms. The van der Waals surface area contributed by atoms with Gasteiger partial charge >= 0.3 is 33.1 Å². The molecule has 0 atom stereocenters. The van der Waals surface area contributed by atoms with E-state index in [4.69, 9.17) is 13.3 Å². The Balaban J connectivity index is 5.78. The maximum absolute atomic E-state index is 13.6. The van der Waals surface area contributed by atoms with E-state index in [1.807, 2.05) is 0 Å². The predicted molar refractivity (Wildman–Crippen MR) is 64.2 cm³/mol. The highest BCUT2D eigenvalue weighted by Crippen LogP contribution is 2.51. The van der Waals surface area contributed by atoms with Crippen LogP contribution >= 0.6 is 0 Å². The molecule has 0 aromatic rings. The van der Waals surface area contributed by atoms with E-state index in [1.165, 1.54) is 0 Å². The number of alkyl halides is 8. The highest BCUT2D eigenvalue weighted by Gasteiger charge is 2.79. The number of hydrogen-bond acceptors (Lipinski definition) is 4. The lowest BCUT2D eigenvalue weighted by Gasteiger charge is -2.43. The summed E-state index contributed by atoms with van der Waals surface area (Å²) in [6, 6.07) is -6.23. The first kappa shape index (κ1) is 23.5. The van der Waals surface area contributed by atoms with Crippen molar-refractivity contribution in [1.82, 2.24) is 5.06 Å². The third-order valence-corrected chi connectivity index (χ3v) is 5.34. The first-order valence-electron chi connectivity index (χ1n) is 6.12. The minimum absolute atomic E-state index is 0.536. The van der Waals surface area contributed by atoms with Crippen molar-refractivity contribution in [3.63, 3.8) is 0 Å². The van der Waals surface area contributed by atoms with Gasteiger partial charge in [-0.1, -0.05) is 5.06 Å². The van der Waals surface area contributed by atoms with E-state index < -0.39 is 43.9 Å². The molecule has 0 aromatic carbocycles. The van der Waals surface area contributed by atoms with E-state index in [2.05, 4.69) is 0 Å². The average Bonchev–Trinajstić information content (AvgIpc) is 2.45. The molecule has 0 unspecified atom stereocenters. The fourth-order valence-corrected chi connectivity index (χ4v) is 2.79. The Labute approximate surface area is 133 Å². The van der Waals surface area contributed by atoms with E-state index in [0.717, 1.165) is 20.8 Å². The Morgan fingerprint density at radius 1 is 0.958 bits per heavy atom. The molecule has 145 valence electrons. The maximum Gasteiger partial charge on any atom is 0.498 e. The summed E-state index contributed by atoms with van der Waals surface area (Å²) >= 11 is 0. The molecule has 24 heavy (non-hydrogen) atoms. The van der Waals surface area contributed by atoms with Gasteiger partial charge in [-0.3, -0.25) is 0 Å². The molecule has 5 nitrogen and oxygen atoms in total. The molecule has 0 rings (SSSR count). The smallest absolute Gasteiger partial charge is 0.377 e. The summed E-state index contributed by atoms with van der Waals surface area (Å²) in [4.78, 5) is 0. The summed E-state index contributed by atoms with van der Waals surface area (Å²) in [5.74, 6) is -13.1. The third-order valence-electron chi connectivity index (χ3n) is 2.99. The molecule has 14 heteroatoms. The summed E-state index contributed by atoms with van der Waals surface area (Å²) < 4.78 is 118. The lowest BCUT2D eigenvalue weighted by Crippen LogP contribution is -2.68. The summed E-state index contributed by atoms with van der Waals surface area (Å²) in [5.41, 5.74) is -2.88. The van der Waals surface area contributed by atoms with Crippen LogP contribution < -0.4 is 0 Å². The quantitative estimate of drug-likeness (QED) is 0.198. The van der Waals surface area contributed by atoms with Gasteiger partial charge in [-0.05, 0) is 13.8 Å². The topological polar surface area (TPSA) is 50.8 Å². The zero-order chi connectivity index (χ0) is 19.8. The molecule has 0 spiro atoms. The Bertz CT molecular complexity index is 433.